The average molecular weight is 423 g/mol. The third-order valence-electron chi connectivity index (χ3n) is 4.94. The standard InChI is InChI=1S/C19H26N4OS3/c1-6-8-25-17-20-16-14(15-21-22-18(23(15)17)26-11(3)4)12-9-19(5,7-2)24-10-13(12)27-16/h11H,6-10H2,1-5H3/t19-/m1/s1. The first-order valence-electron chi connectivity index (χ1n) is 9.58. The van der Waals surface area contributed by atoms with E-state index in [1.165, 1.54) is 15.8 Å². The number of hydrogen-bond acceptors (Lipinski definition) is 7. The minimum atomic E-state index is -0.108. The highest BCUT2D eigenvalue weighted by Crippen LogP contribution is 2.42. The molecule has 0 amide bonds. The topological polar surface area (TPSA) is 52.3 Å². The van der Waals surface area contributed by atoms with Crippen molar-refractivity contribution >= 4 is 50.7 Å². The first kappa shape index (κ1) is 19.5. The lowest BCUT2D eigenvalue weighted by Crippen LogP contribution is -2.33. The zero-order chi connectivity index (χ0) is 19.2. The van der Waals surface area contributed by atoms with Crippen LogP contribution in [0.5, 0.6) is 0 Å². The summed E-state index contributed by atoms with van der Waals surface area (Å²) in [5.41, 5.74) is 2.21. The van der Waals surface area contributed by atoms with Crippen molar-refractivity contribution in [2.75, 3.05) is 5.75 Å². The average Bonchev–Trinajstić information content (AvgIpc) is 3.20. The van der Waals surface area contributed by atoms with Gasteiger partial charge in [0.15, 0.2) is 16.0 Å². The van der Waals surface area contributed by atoms with E-state index in [9.17, 15) is 0 Å². The van der Waals surface area contributed by atoms with Gasteiger partial charge in [-0.3, -0.25) is 0 Å². The van der Waals surface area contributed by atoms with Gasteiger partial charge < -0.3 is 4.74 Å². The van der Waals surface area contributed by atoms with Crippen LogP contribution in [0.1, 0.15) is 57.9 Å². The van der Waals surface area contributed by atoms with Crippen molar-refractivity contribution in [2.45, 2.75) is 81.7 Å². The molecule has 3 aromatic rings. The summed E-state index contributed by atoms with van der Waals surface area (Å²) >= 11 is 5.30. The molecule has 0 aliphatic carbocycles. The Morgan fingerprint density at radius 1 is 1.26 bits per heavy atom. The molecule has 0 fully saturated rings. The second-order valence-corrected chi connectivity index (χ2v) is 11.2. The molecule has 1 aliphatic rings. The van der Waals surface area contributed by atoms with Crippen molar-refractivity contribution in [3.63, 3.8) is 0 Å². The van der Waals surface area contributed by atoms with Crippen LogP contribution >= 0.6 is 34.9 Å². The molecule has 27 heavy (non-hydrogen) atoms. The molecule has 146 valence electrons. The molecule has 5 nitrogen and oxygen atoms in total. The zero-order valence-corrected chi connectivity index (χ0v) is 19.0. The van der Waals surface area contributed by atoms with Gasteiger partial charge >= 0.3 is 0 Å². The molecule has 0 bridgehead atoms. The lowest BCUT2D eigenvalue weighted by molar-refractivity contribution is -0.0542. The van der Waals surface area contributed by atoms with Gasteiger partial charge in [-0.15, -0.1) is 21.5 Å². The van der Waals surface area contributed by atoms with Gasteiger partial charge in [-0.2, -0.15) is 0 Å². The maximum atomic E-state index is 6.17. The molecule has 8 heteroatoms. The van der Waals surface area contributed by atoms with E-state index in [0.29, 0.717) is 11.9 Å². The number of hydrogen-bond donors (Lipinski definition) is 0. The van der Waals surface area contributed by atoms with Crippen LogP contribution in [0, 0.1) is 0 Å². The van der Waals surface area contributed by atoms with E-state index in [1.807, 2.05) is 0 Å². The second-order valence-electron chi connectivity index (χ2n) is 7.50. The maximum absolute atomic E-state index is 6.17. The highest BCUT2D eigenvalue weighted by Gasteiger charge is 2.33. The van der Waals surface area contributed by atoms with Crippen molar-refractivity contribution in [3.8, 4) is 0 Å². The first-order chi connectivity index (χ1) is 13.0. The van der Waals surface area contributed by atoms with Gasteiger partial charge in [-0.25, -0.2) is 9.38 Å². The fourth-order valence-corrected chi connectivity index (χ4v) is 6.17. The van der Waals surface area contributed by atoms with Crippen LogP contribution in [0.4, 0.5) is 0 Å². The first-order valence-corrected chi connectivity index (χ1v) is 12.3. The number of fused-ring (bicyclic) bond motifs is 5. The Morgan fingerprint density at radius 3 is 2.78 bits per heavy atom. The van der Waals surface area contributed by atoms with Gasteiger partial charge in [-0.05, 0) is 25.3 Å². The Bertz CT molecular complexity index is 981. The summed E-state index contributed by atoms with van der Waals surface area (Å²) in [6, 6.07) is 0. The molecule has 0 aromatic carbocycles. The molecule has 1 atom stereocenters. The van der Waals surface area contributed by atoms with E-state index in [-0.39, 0.29) is 5.60 Å². The van der Waals surface area contributed by atoms with Crippen LogP contribution in [-0.2, 0) is 17.8 Å². The molecule has 0 saturated heterocycles. The SMILES string of the molecule is CCCSc1nc2sc3c(c2c2nnc(SC(C)C)n12)C[C@@](C)(CC)OC3. The quantitative estimate of drug-likeness (QED) is 0.382. The van der Waals surface area contributed by atoms with Crippen LogP contribution in [0.2, 0.25) is 0 Å². The summed E-state index contributed by atoms with van der Waals surface area (Å²) in [6.07, 6.45) is 3.03. The Morgan fingerprint density at radius 2 is 2.07 bits per heavy atom. The van der Waals surface area contributed by atoms with Crippen LogP contribution in [-0.4, -0.2) is 36.2 Å². The number of aromatic nitrogens is 4. The van der Waals surface area contributed by atoms with Crippen LogP contribution in [0.3, 0.4) is 0 Å². The van der Waals surface area contributed by atoms with Gasteiger partial charge in [0.1, 0.15) is 4.83 Å². The molecule has 0 spiro atoms. The van der Waals surface area contributed by atoms with Crippen LogP contribution < -0.4 is 0 Å². The van der Waals surface area contributed by atoms with Crippen molar-refractivity contribution in [1.82, 2.24) is 19.6 Å². The largest absolute Gasteiger partial charge is 0.369 e. The van der Waals surface area contributed by atoms with Gasteiger partial charge in [-0.1, -0.05) is 51.2 Å². The fourth-order valence-electron chi connectivity index (χ4n) is 3.32. The van der Waals surface area contributed by atoms with E-state index in [4.69, 9.17) is 9.72 Å². The minimum Gasteiger partial charge on any atom is -0.369 e. The van der Waals surface area contributed by atoms with Crippen LogP contribution in [0.25, 0.3) is 15.9 Å². The van der Waals surface area contributed by atoms with Crippen molar-refractivity contribution in [3.05, 3.63) is 10.4 Å². The Balaban J connectivity index is 1.95. The third-order valence-corrected chi connectivity index (χ3v) is 8.13. The van der Waals surface area contributed by atoms with Crippen molar-refractivity contribution in [1.29, 1.82) is 0 Å². The highest BCUT2D eigenvalue weighted by molar-refractivity contribution is 8.00. The summed E-state index contributed by atoms with van der Waals surface area (Å²) < 4.78 is 8.35. The van der Waals surface area contributed by atoms with Crippen LogP contribution in [0.15, 0.2) is 10.3 Å². The lowest BCUT2D eigenvalue weighted by atomic mass is 9.90. The number of rotatable bonds is 6. The van der Waals surface area contributed by atoms with E-state index in [2.05, 4.69) is 49.2 Å². The minimum absolute atomic E-state index is 0.108. The molecule has 0 radical (unpaired) electrons. The predicted molar refractivity (Wildman–Crippen MR) is 115 cm³/mol. The Labute approximate surface area is 172 Å². The predicted octanol–water partition coefficient (Wildman–Crippen LogP) is 5.58. The Hall–Kier alpha value is -0.830. The summed E-state index contributed by atoms with van der Waals surface area (Å²) in [5.74, 6) is 1.04. The van der Waals surface area contributed by atoms with Gasteiger partial charge in [0.05, 0.1) is 17.6 Å². The van der Waals surface area contributed by atoms with Gasteiger partial charge in [0.2, 0.25) is 0 Å². The molecule has 0 saturated carbocycles. The molecular weight excluding hydrogens is 396 g/mol. The van der Waals surface area contributed by atoms with E-state index >= 15 is 0 Å². The normalized spacial score (nSPS) is 20.1. The molecule has 0 unspecified atom stereocenters. The summed E-state index contributed by atoms with van der Waals surface area (Å²) in [5, 5.41) is 12.7. The van der Waals surface area contributed by atoms with E-state index in [0.717, 1.165) is 45.8 Å². The van der Waals surface area contributed by atoms with Gasteiger partial charge in [0.25, 0.3) is 0 Å². The Kier molecular flexibility index (Phi) is 5.44. The summed E-state index contributed by atoms with van der Waals surface area (Å²) in [6.45, 7) is 11.7. The second kappa shape index (κ2) is 7.54. The summed E-state index contributed by atoms with van der Waals surface area (Å²) in [7, 11) is 0. The van der Waals surface area contributed by atoms with Gasteiger partial charge in [0, 0.05) is 22.3 Å². The fraction of sp³-hybridized carbons (Fsp3) is 0.632. The van der Waals surface area contributed by atoms with E-state index in [1.54, 1.807) is 34.9 Å². The molecule has 1 aliphatic heterocycles. The third kappa shape index (κ3) is 3.50. The number of thiophene rings is 1. The smallest absolute Gasteiger partial charge is 0.197 e. The summed E-state index contributed by atoms with van der Waals surface area (Å²) in [4.78, 5) is 7.42. The monoisotopic (exact) mass is 422 g/mol. The number of thioether (sulfide) groups is 2. The van der Waals surface area contributed by atoms with Crippen molar-refractivity contribution < 1.29 is 4.74 Å². The number of ether oxygens (including phenoxy) is 1. The zero-order valence-electron chi connectivity index (χ0n) is 16.5. The number of nitrogens with zero attached hydrogens (tertiary/aromatic N) is 4. The highest BCUT2D eigenvalue weighted by atomic mass is 32.2. The molecule has 3 aromatic heterocycles. The van der Waals surface area contributed by atoms with Crippen molar-refractivity contribution in [2.24, 2.45) is 0 Å². The molecule has 4 rings (SSSR count). The maximum Gasteiger partial charge on any atom is 0.197 e. The molecular formula is C19H26N4OS3. The lowest BCUT2D eigenvalue weighted by Gasteiger charge is -2.33. The van der Waals surface area contributed by atoms with E-state index < -0.39 is 0 Å². The molecule has 0 N–H and O–H groups in total. The molecule has 4 heterocycles.